The number of ether oxygens (including phenoxy) is 1. The minimum Gasteiger partial charge on any atom is -0.480 e. The highest BCUT2D eigenvalue weighted by molar-refractivity contribution is 5.94. The fourth-order valence-corrected chi connectivity index (χ4v) is 2.46. The van der Waals surface area contributed by atoms with E-state index in [9.17, 15) is 9.90 Å². The number of carbonyl (C=O) groups is 1. The van der Waals surface area contributed by atoms with E-state index in [0.717, 1.165) is 0 Å². The Morgan fingerprint density at radius 2 is 2.15 bits per heavy atom. The zero-order valence-corrected chi connectivity index (χ0v) is 14.3. The van der Waals surface area contributed by atoms with Crippen molar-refractivity contribution in [3.63, 3.8) is 0 Å². The number of nitrogens with zero attached hydrogens (tertiary/aromatic N) is 6. The Kier molecular flexibility index (Phi) is 4.56. The second kappa shape index (κ2) is 6.98. The van der Waals surface area contributed by atoms with E-state index < -0.39 is 12.0 Å². The summed E-state index contributed by atoms with van der Waals surface area (Å²) >= 11 is 0. The van der Waals surface area contributed by atoms with E-state index in [4.69, 9.17) is 15.3 Å². The molecule has 0 saturated carbocycles. The second-order valence-corrected chi connectivity index (χ2v) is 5.51. The third-order valence-corrected chi connectivity index (χ3v) is 3.73. The molecule has 2 N–H and O–H groups in total. The molecule has 1 atom stereocenters. The quantitative estimate of drug-likeness (QED) is 0.690. The van der Waals surface area contributed by atoms with E-state index in [1.165, 1.54) is 30.3 Å². The fourth-order valence-electron chi connectivity index (χ4n) is 2.46. The van der Waals surface area contributed by atoms with Crippen LogP contribution in [0.5, 0.6) is 5.88 Å². The molecule has 0 amide bonds. The first kappa shape index (κ1) is 17.6. The Hall–Kier alpha value is -4.18. The average Bonchev–Trinajstić information content (AvgIpc) is 3.09. The van der Waals surface area contributed by atoms with Crippen molar-refractivity contribution in [3.05, 3.63) is 35.7 Å². The van der Waals surface area contributed by atoms with E-state index in [2.05, 4.69) is 20.4 Å². The maximum atomic E-state index is 11.4. The van der Waals surface area contributed by atoms with Crippen LogP contribution in [0.25, 0.3) is 16.9 Å². The van der Waals surface area contributed by atoms with Crippen LogP contribution in [0.15, 0.2) is 24.5 Å². The third-order valence-electron chi connectivity index (χ3n) is 3.73. The molecule has 0 aliphatic carbocycles. The molecule has 0 saturated heterocycles. The number of pyridine rings is 2. The van der Waals surface area contributed by atoms with Gasteiger partial charge in [0.1, 0.15) is 23.2 Å². The number of rotatable bonds is 5. The molecule has 0 bridgehead atoms. The summed E-state index contributed by atoms with van der Waals surface area (Å²) in [5.74, 6) is -0.738. The smallest absolute Gasteiger partial charge is 0.339 e. The van der Waals surface area contributed by atoms with Crippen LogP contribution in [0.2, 0.25) is 0 Å². The molecule has 0 radical (unpaired) electrons. The molecule has 3 aromatic rings. The van der Waals surface area contributed by atoms with Crippen LogP contribution in [-0.4, -0.2) is 44.0 Å². The molecule has 10 heteroatoms. The molecular formula is C17H13N7O3. The lowest BCUT2D eigenvalue weighted by molar-refractivity contribution is 0.0697. The highest BCUT2D eigenvalue weighted by atomic mass is 16.5. The predicted octanol–water partition coefficient (Wildman–Crippen LogP) is 1.72. The zero-order valence-electron chi connectivity index (χ0n) is 14.3. The fraction of sp³-hybridized carbons (Fsp3) is 0.176. The van der Waals surface area contributed by atoms with Gasteiger partial charge < -0.3 is 15.2 Å². The maximum absolute atomic E-state index is 11.4. The number of carboxylic acids is 1. The van der Waals surface area contributed by atoms with Crippen LogP contribution in [0, 0.1) is 22.7 Å². The highest BCUT2D eigenvalue weighted by Crippen LogP contribution is 2.25. The molecule has 0 aliphatic rings. The van der Waals surface area contributed by atoms with Crippen molar-refractivity contribution in [3.8, 4) is 23.8 Å². The van der Waals surface area contributed by atoms with Crippen LogP contribution in [0.1, 0.15) is 22.8 Å². The highest BCUT2D eigenvalue weighted by Gasteiger charge is 2.17. The van der Waals surface area contributed by atoms with Gasteiger partial charge in [0, 0.05) is 17.6 Å². The van der Waals surface area contributed by atoms with Crippen molar-refractivity contribution >= 4 is 22.7 Å². The topological polar surface area (TPSA) is 150 Å². The van der Waals surface area contributed by atoms with Crippen LogP contribution in [0.3, 0.4) is 0 Å². The second-order valence-electron chi connectivity index (χ2n) is 5.51. The number of hydrogen-bond donors (Lipinski definition) is 2. The van der Waals surface area contributed by atoms with E-state index in [1.807, 2.05) is 12.1 Å². The van der Waals surface area contributed by atoms with Crippen molar-refractivity contribution in [1.29, 1.82) is 10.5 Å². The van der Waals surface area contributed by atoms with Crippen LogP contribution in [-0.2, 0) is 0 Å². The maximum Gasteiger partial charge on any atom is 0.339 e. The molecule has 27 heavy (non-hydrogen) atoms. The van der Waals surface area contributed by atoms with Gasteiger partial charge in [0.2, 0.25) is 5.88 Å². The number of anilines is 1. The Labute approximate surface area is 153 Å². The standard InChI is InChI=1S/C17H13N7O3/c1-9(5-18)22-13-4-14(20-8-12(13)17(25)26)24-15-11(7-21-24)3-10(6-19)16(23-15)27-2/h3-4,7-9H,1-2H3,(H,20,22)(H,25,26)/t9-/m1/s1. The minimum absolute atomic E-state index is 0.0744. The molecular weight excluding hydrogens is 350 g/mol. The van der Waals surface area contributed by atoms with Gasteiger partial charge in [-0.2, -0.15) is 25.3 Å². The summed E-state index contributed by atoms with van der Waals surface area (Å²) in [5, 5.41) is 35.1. The van der Waals surface area contributed by atoms with Crippen molar-refractivity contribution in [1.82, 2.24) is 19.7 Å². The monoisotopic (exact) mass is 363 g/mol. The average molecular weight is 363 g/mol. The molecule has 134 valence electrons. The molecule has 3 rings (SSSR count). The molecule has 0 spiro atoms. The summed E-state index contributed by atoms with van der Waals surface area (Å²) in [6.07, 6.45) is 2.69. The summed E-state index contributed by atoms with van der Waals surface area (Å²) in [6.45, 7) is 1.60. The largest absolute Gasteiger partial charge is 0.480 e. The van der Waals surface area contributed by atoms with Crippen molar-refractivity contribution < 1.29 is 14.6 Å². The van der Waals surface area contributed by atoms with Gasteiger partial charge in [-0.25, -0.2) is 9.78 Å². The molecule has 0 fully saturated rings. The minimum atomic E-state index is -1.18. The lowest BCUT2D eigenvalue weighted by Gasteiger charge is -2.12. The number of hydrogen-bond acceptors (Lipinski definition) is 8. The SMILES string of the molecule is COc1nc2c(cnn2-c2cc(N[C@H](C)C#N)c(C(=O)O)cn2)cc1C#N. The van der Waals surface area contributed by atoms with Gasteiger partial charge in [0.05, 0.1) is 25.1 Å². The van der Waals surface area contributed by atoms with Gasteiger partial charge in [0.25, 0.3) is 0 Å². The Balaban J connectivity index is 2.16. The first-order chi connectivity index (χ1) is 13.0. The summed E-state index contributed by atoms with van der Waals surface area (Å²) in [7, 11) is 1.40. The summed E-state index contributed by atoms with van der Waals surface area (Å²) < 4.78 is 6.52. The number of carboxylic acid groups (broad SMARTS) is 1. The van der Waals surface area contributed by atoms with Crippen molar-refractivity contribution in [2.45, 2.75) is 13.0 Å². The number of nitriles is 2. The first-order valence-corrected chi connectivity index (χ1v) is 7.71. The zero-order chi connectivity index (χ0) is 19.6. The predicted molar refractivity (Wildman–Crippen MR) is 93.6 cm³/mol. The molecule has 0 aromatic carbocycles. The number of nitrogens with one attached hydrogen (secondary N) is 1. The molecule has 10 nitrogen and oxygen atoms in total. The van der Waals surface area contributed by atoms with Gasteiger partial charge in [-0.1, -0.05) is 0 Å². The van der Waals surface area contributed by atoms with E-state index in [1.54, 1.807) is 13.0 Å². The summed E-state index contributed by atoms with van der Waals surface area (Å²) in [4.78, 5) is 19.8. The molecule has 0 aliphatic heterocycles. The van der Waals surface area contributed by atoms with Crippen LogP contribution in [0.4, 0.5) is 5.69 Å². The van der Waals surface area contributed by atoms with Crippen molar-refractivity contribution in [2.75, 3.05) is 12.4 Å². The van der Waals surface area contributed by atoms with Gasteiger partial charge in [-0.3, -0.25) is 0 Å². The molecule has 3 heterocycles. The van der Waals surface area contributed by atoms with Gasteiger partial charge in [-0.05, 0) is 13.0 Å². The Morgan fingerprint density at radius 1 is 1.37 bits per heavy atom. The lowest BCUT2D eigenvalue weighted by Crippen LogP contribution is -2.16. The van der Waals surface area contributed by atoms with Crippen LogP contribution < -0.4 is 10.1 Å². The third kappa shape index (κ3) is 3.19. The first-order valence-electron chi connectivity index (χ1n) is 7.71. The van der Waals surface area contributed by atoms with E-state index in [-0.39, 0.29) is 22.7 Å². The van der Waals surface area contributed by atoms with E-state index in [0.29, 0.717) is 16.9 Å². The molecule has 3 aromatic heterocycles. The number of fused-ring (bicyclic) bond motifs is 1. The van der Waals surface area contributed by atoms with Crippen LogP contribution >= 0.6 is 0 Å². The van der Waals surface area contributed by atoms with Gasteiger partial charge >= 0.3 is 5.97 Å². The lowest BCUT2D eigenvalue weighted by atomic mass is 10.2. The normalized spacial score (nSPS) is 11.4. The van der Waals surface area contributed by atoms with E-state index >= 15 is 0 Å². The Bertz CT molecular complexity index is 1120. The number of methoxy groups -OCH3 is 1. The number of aromatic nitrogens is 4. The summed E-state index contributed by atoms with van der Waals surface area (Å²) in [5.41, 5.74) is 0.810. The summed E-state index contributed by atoms with van der Waals surface area (Å²) in [6, 6.07) is 6.43. The number of aromatic carboxylic acids is 1. The van der Waals surface area contributed by atoms with Crippen molar-refractivity contribution in [2.24, 2.45) is 0 Å². The molecule has 0 unspecified atom stereocenters. The van der Waals surface area contributed by atoms with Gasteiger partial charge in [-0.15, -0.1) is 0 Å². The van der Waals surface area contributed by atoms with Gasteiger partial charge in [0.15, 0.2) is 11.5 Å². The Morgan fingerprint density at radius 3 is 2.78 bits per heavy atom.